The van der Waals surface area contributed by atoms with E-state index in [1.165, 1.54) is 0 Å². The molecule has 1 fully saturated rings. The van der Waals surface area contributed by atoms with Gasteiger partial charge in [0, 0.05) is 18.4 Å². The van der Waals surface area contributed by atoms with Crippen LogP contribution >= 0.6 is 12.4 Å². The Hall–Kier alpha value is -2.05. The molecule has 1 saturated heterocycles. The van der Waals surface area contributed by atoms with E-state index < -0.39 is 0 Å². The fraction of sp³-hybridized carbons (Fsp3) is 0.444. The van der Waals surface area contributed by atoms with Crippen molar-refractivity contribution in [2.45, 2.75) is 32.2 Å². The summed E-state index contributed by atoms with van der Waals surface area (Å²) in [7, 11) is 0. The quantitative estimate of drug-likeness (QED) is 0.825. The van der Waals surface area contributed by atoms with E-state index in [0.717, 1.165) is 43.8 Å². The first-order valence-corrected chi connectivity index (χ1v) is 8.56. The number of hydrogen-bond acceptors (Lipinski definition) is 4. The van der Waals surface area contributed by atoms with E-state index in [4.69, 9.17) is 4.74 Å². The lowest BCUT2D eigenvalue weighted by molar-refractivity contribution is 0.102. The van der Waals surface area contributed by atoms with Crippen LogP contribution in [0.1, 0.15) is 42.7 Å². The first-order valence-electron chi connectivity index (χ1n) is 8.56. The fourth-order valence-corrected chi connectivity index (χ4v) is 2.77. The van der Waals surface area contributed by atoms with Gasteiger partial charge in [0.2, 0.25) is 0 Å². The third kappa shape index (κ3) is 5.21. The molecule has 0 aliphatic carbocycles. The number of rotatable bonds is 6. The highest BCUT2D eigenvalue weighted by molar-refractivity contribution is 6.02. The monoisotopic (exact) mass is 364 g/mol. The van der Waals surface area contributed by atoms with E-state index in [2.05, 4.69) is 22.7 Å². The Morgan fingerprint density at radius 2 is 2.16 bits per heavy atom. The number of carbonyl (C=O) groups is 1. The molecule has 2 aromatic rings. The summed E-state index contributed by atoms with van der Waals surface area (Å²) in [6.45, 7) is 4.72. The summed E-state index contributed by atoms with van der Waals surface area (Å²) in [5.74, 6) is 0.615. The third-order valence-corrected chi connectivity index (χ3v) is 4.07. The van der Waals surface area contributed by atoms with Crippen molar-refractivity contribution in [2.75, 3.05) is 25.0 Å². The van der Waals surface area contributed by atoms with Crippen molar-refractivity contribution in [2.24, 2.45) is 0 Å². The molecule has 1 aliphatic heterocycles. The van der Waals surface area contributed by atoms with Gasteiger partial charge in [-0.2, -0.15) is 5.10 Å². The van der Waals surface area contributed by atoms with Crippen molar-refractivity contribution in [1.29, 1.82) is 0 Å². The molecule has 1 atom stereocenters. The zero-order chi connectivity index (χ0) is 16.8. The Morgan fingerprint density at radius 1 is 1.36 bits per heavy atom. The molecule has 0 radical (unpaired) electrons. The van der Waals surface area contributed by atoms with Crippen LogP contribution in [0.3, 0.4) is 0 Å². The van der Waals surface area contributed by atoms with Gasteiger partial charge in [0.25, 0.3) is 5.91 Å². The highest BCUT2D eigenvalue weighted by Crippen LogP contribution is 2.18. The Bertz CT molecular complexity index is 666. The van der Waals surface area contributed by atoms with Crippen molar-refractivity contribution in [3.05, 3.63) is 42.2 Å². The van der Waals surface area contributed by atoms with Crippen LogP contribution in [0.25, 0.3) is 0 Å². The SMILES string of the molecule is CCCOc1ccc(NC(=O)c2ccn(C3CCCNC3)n2)cc1.Cl. The predicted octanol–water partition coefficient (Wildman–Crippen LogP) is 3.27. The number of amides is 1. The highest BCUT2D eigenvalue weighted by atomic mass is 35.5. The topological polar surface area (TPSA) is 68.2 Å². The van der Waals surface area contributed by atoms with E-state index >= 15 is 0 Å². The molecule has 1 unspecified atom stereocenters. The molecule has 2 heterocycles. The van der Waals surface area contributed by atoms with Crippen molar-refractivity contribution in [3.63, 3.8) is 0 Å². The second-order valence-corrected chi connectivity index (χ2v) is 6.01. The molecule has 6 nitrogen and oxygen atoms in total. The zero-order valence-corrected chi connectivity index (χ0v) is 15.2. The van der Waals surface area contributed by atoms with Crippen LogP contribution < -0.4 is 15.4 Å². The number of ether oxygens (including phenoxy) is 1. The Labute approximate surface area is 154 Å². The van der Waals surface area contributed by atoms with Gasteiger partial charge in [-0.15, -0.1) is 12.4 Å². The van der Waals surface area contributed by atoms with Gasteiger partial charge in [-0.25, -0.2) is 0 Å². The lowest BCUT2D eigenvalue weighted by atomic mass is 10.1. The van der Waals surface area contributed by atoms with Crippen LogP contribution in [0.15, 0.2) is 36.5 Å². The van der Waals surface area contributed by atoms with E-state index in [9.17, 15) is 4.79 Å². The molecule has 1 aromatic carbocycles. The lowest BCUT2D eigenvalue weighted by Crippen LogP contribution is -2.32. The summed E-state index contributed by atoms with van der Waals surface area (Å²) < 4.78 is 7.43. The number of nitrogens with zero attached hydrogens (tertiary/aromatic N) is 2. The van der Waals surface area contributed by atoms with Crippen molar-refractivity contribution in [1.82, 2.24) is 15.1 Å². The Kier molecular flexibility index (Phi) is 7.28. The number of hydrogen-bond donors (Lipinski definition) is 2. The molecule has 1 aliphatic rings. The van der Waals surface area contributed by atoms with E-state index in [1.54, 1.807) is 6.07 Å². The van der Waals surface area contributed by atoms with E-state index in [1.807, 2.05) is 35.1 Å². The molecule has 1 aromatic heterocycles. The molecule has 2 N–H and O–H groups in total. The minimum Gasteiger partial charge on any atom is -0.494 e. The van der Waals surface area contributed by atoms with Gasteiger partial charge in [-0.1, -0.05) is 6.92 Å². The summed E-state index contributed by atoms with van der Waals surface area (Å²) in [5.41, 5.74) is 1.17. The van der Waals surface area contributed by atoms with E-state index in [-0.39, 0.29) is 18.3 Å². The van der Waals surface area contributed by atoms with Gasteiger partial charge < -0.3 is 15.4 Å². The first-order chi connectivity index (χ1) is 11.8. The van der Waals surface area contributed by atoms with Gasteiger partial charge in [0.15, 0.2) is 5.69 Å². The van der Waals surface area contributed by atoms with E-state index in [0.29, 0.717) is 18.3 Å². The van der Waals surface area contributed by atoms with Crippen LogP contribution in [0.4, 0.5) is 5.69 Å². The molecule has 1 amide bonds. The van der Waals surface area contributed by atoms with Crippen LogP contribution in [-0.2, 0) is 0 Å². The molecule has 25 heavy (non-hydrogen) atoms. The molecular formula is C18H25ClN4O2. The number of piperidine rings is 1. The summed E-state index contributed by atoms with van der Waals surface area (Å²) in [6.07, 6.45) is 5.08. The Morgan fingerprint density at radius 3 is 2.84 bits per heavy atom. The number of nitrogens with one attached hydrogen (secondary N) is 2. The summed E-state index contributed by atoms with van der Waals surface area (Å²) >= 11 is 0. The highest BCUT2D eigenvalue weighted by Gasteiger charge is 2.17. The van der Waals surface area contributed by atoms with Gasteiger partial charge in [0.05, 0.1) is 12.6 Å². The maximum atomic E-state index is 12.3. The number of aromatic nitrogens is 2. The molecule has 0 saturated carbocycles. The number of carbonyl (C=O) groups excluding carboxylic acids is 1. The standard InChI is InChI=1S/C18H24N4O2.ClH/c1-2-12-24-16-7-5-14(6-8-16)20-18(23)17-9-11-22(21-17)15-4-3-10-19-13-15;/h5-9,11,15,19H,2-4,10,12-13H2,1H3,(H,20,23);1H. The van der Waals surface area contributed by atoms with Crippen LogP contribution in [-0.4, -0.2) is 35.4 Å². The maximum Gasteiger partial charge on any atom is 0.276 e. The zero-order valence-electron chi connectivity index (χ0n) is 14.4. The largest absolute Gasteiger partial charge is 0.494 e. The summed E-state index contributed by atoms with van der Waals surface area (Å²) in [4.78, 5) is 12.3. The number of benzene rings is 1. The molecule has 0 spiro atoms. The fourth-order valence-electron chi connectivity index (χ4n) is 2.77. The lowest BCUT2D eigenvalue weighted by Gasteiger charge is -2.22. The average Bonchev–Trinajstić information content (AvgIpc) is 3.12. The predicted molar refractivity (Wildman–Crippen MR) is 101 cm³/mol. The van der Waals surface area contributed by atoms with Crippen molar-refractivity contribution in [3.8, 4) is 5.75 Å². The average molecular weight is 365 g/mol. The normalized spacial score (nSPS) is 16.8. The van der Waals surface area contributed by atoms with Gasteiger partial charge in [-0.3, -0.25) is 9.48 Å². The third-order valence-electron chi connectivity index (χ3n) is 4.07. The van der Waals surface area contributed by atoms with Crippen LogP contribution in [0.2, 0.25) is 0 Å². The number of anilines is 1. The minimum atomic E-state index is -0.195. The second-order valence-electron chi connectivity index (χ2n) is 6.01. The first kappa shape index (κ1) is 19.3. The van der Waals surface area contributed by atoms with Gasteiger partial charge >= 0.3 is 0 Å². The van der Waals surface area contributed by atoms with Gasteiger partial charge in [0.1, 0.15) is 5.75 Å². The van der Waals surface area contributed by atoms with Crippen LogP contribution in [0, 0.1) is 0 Å². The molecule has 7 heteroatoms. The molecule has 0 bridgehead atoms. The van der Waals surface area contributed by atoms with Gasteiger partial charge in [-0.05, 0) is 56.1 Å². The number of halogens is 1. The second kappa shape index (κ2) is 9.44. The maximum absolute atomic E-state index is 12.3. The summed E-state index contributed by atoms with van der Waals surface area (Å²) in [6, 6.07) is 9.49. The van der Waals surface area contributed by atoms with Crippen molar-refractivity contribution >= 4 is 24.0 Å². The molecule has 3 rings (SSSR count). The summed E-state index contributed by atoms with van der Waals surface area (Å²) in [5, 5.41) is 10.7. The van der Waals surface area contributed by atoms with Crippen molar-refractivity contribution < 1.29 is 9.53 Å². The minimum absolute atomic E-state index is 0. The van der Waals surface area contributed by atoms with Crippen LogP contribution in [0.5, 0.6) is 5.75 Å². The smallest absolute Gasteiger partial charge is 0.276 e. The Balaban J connectivity index is 0.00000225. The molecular weight excluding hydrogens is 340 g/mol. The molecule has 136 valence electrons.